The summed E-state index contributed by atoms with van der Waals surface area (Å²) in [4.78, 5) is 20.2. The first-order valence-electron chi connectivity index (χ1n) is 7.07. The van der Waals surface area contributed by atoms with Crippen molar-refractivity contribution in [1.82, 2.24) is 9.97 Å². The van der Waals surface area contributed by atoms with E-state index in [0.29, 0.717) is 5.56 Å². The highest BCUT2D eigenvalue weighted by atomic mass is 16.5. The van der Waals surface area contributed by atoms with Gasteiger partial charge in [0.05, 0.1) is 7.11 Å². The van der Waals surface area contributed by atoms with Crippen molar-refractivity contribution in [3.8, 4) is 16.9 Å². The molecule has 0 unspecified atom stereocenters. The number of hydrogen-bond acceptors (Lipinski definition) is 4. The van der Waals surface area contributed by atoms with Crippen LogP contribution in [0.1, 0.15) is 10.4 Å². The number of nitrogens with one attached hydrogen (secondary N) is 1. The van der Waals surface area contributed by atoms with Gasteiger partial charge < -0.3 is 10.1 Å². The molecule has 5 heteroatoms. The average molecular weight is 305 g/mol. The Balaban J connectivity index is 1.72. The van der Waals surface area contributed by atoms with Crippen molar-refractivity contribution in [2.45, 2.75) is 0 Å². The van der Waals surface area contributed by atoms with Crippen LogP contribution in [0.3, 0.4) is 0 Å². The molecular formula is C18H15N3O2. The molecular weight excluding hydrogens is 290 g/mol. The number of anilines is 1. The normalized spacial score (nSPS) is 10.1. The lowest BCUT2D eigenvalue weighted by Gasteiger charge is -2.07. The number of hydrogen-bond donors (Lipinski definition) is 1. The lowest BCUT2D eigenvalue weighted by atomic mass is 10.1. The van der Waals surface area contributed by atoms with E-state index in [1.54, 1.807) is 55.9 Å². The van der Waals surface area contributed by atoms with Crippen molar-refractivity contribution in [2.24, 2.45) is 0 Å². The second-order valence-electron chi connectivity index (χ2n) is 4.89. The predicted octanol–water partition coefficient (Wildman–Crippen LogP) is 3.40. The molecule has 0 atom stereocenters. The molecule has 1 N–H and O–H groups in total. The fraction of sp³-hybridized carbons (Fsp3) is 0.0556. The highest BCUT2D eigenvalue weighted by Gasteiger charge is 2.07. The third kappa shape index (κ3) is 3.52. The van der Waals surface area contributed by atoms with Crippen molar-refractivity contribution in [1.29, 1.82) is 0 Å². The zero-order valence-electron chi connectivity index (χ0n) is 12.6. The van der Waals surface area contributed by atoms with Crippen molar-refractivity contribution in [3.63, 3.8) is 0 Å². The summed E-state index contributed by atoms with van der Waals surface area (Å²) < 4.78 is 5.09. The summed E-state index contributed by atoms with van der Waals surface area (Å²) >= 11 is 0. The van der Waals surface area contributed by atoms with Gasteiger partial charge in [-0.3, -0.25) is 4.79 Å². The number of methoxy groups -OCH3 is 1. The third-order valence-corrected chi connectivity index (χ3v) is 3.39. The zero-order chi connectivity index (χ0) is 16.1. The Morgan fingerprint density at radius 3 is 2.17 bits per heavy atom. The number of aromatic nitrogens is 2. The molecule has 0 saturated carbocycles. The summed E-state index contributed by atoms with van der Waals surface area (Å²) in [6.45, 7) is 0. The first kappa shape index (κ1) is 14.7. The highest BCUT2D eigenvalue weighted by molar-refractivity contribution is 6.04. The molecule has 0 spiro atoms. The number of amides is 1. The number of nitrogens with zero attached hydrogens (tertiary/aromatic N) is 2. The van der Waals surface area contributed by atoms with Gasteiger partial charge in [0, 0.05) is 29.2 Å². The van der Waals surface area contributed by atoms with Crippen molar-refractivity contribution >= 4 is 11.6 Å². The summed E-state index contributed by atoms with van der Waals surface area (Å²) in [5.41, 5.74) is 3.18. The van der Waals surface area contributed by atoms with Crippen molar-refractivity contribution < 1.29 is 9.53 Å². The van der Waals surface area contributed by atoms with Crippen LogP contribution in [0.25, 0.3) is 11.1 Å². The van der Waals surface area contributed by atoms with E-state index in [9.17, 15) is 4.79 Å². The van der Waals surface area contributed by atoms with Crippen LogP contribution in [0.2, 0.25) is 0 Å². The summed E-state index contributed by atoms with van der Waals surface area (Å²) in [5.74, 6) is 0.587. The van der Waals surface area contributed by atoms with Gasteiger partial charge in [-0.1, -0.05) is 12.1 Å². The van der Waals surface area contributed by atoms with Gasteiger partial charge in [-0.15, -0.1) is 0 Å². The van der Waals surface area contributed by atoms with Gasteiger partial charge in [0.1, 0.15) is 12.1 Å². The molecule has 2 aromatic carbocycles. The van der Waals surface area contributed by atoms with Gasteiger partial charge in [-0.25, -0.2) is 9.97 Å². The largest absolute Gasteiger partial charge is 0.497 e. The van der Waals surface area contributed by atoms with Crippen LogP contribution in [-0.4, -0.2) is 23.0 Å². The van der Waals surface area contributed by atoms with Gasteiger partial charge in [0.15, 0.2) is 0 Å². The molecule has 0 saturated heterocycles. The molecule has 114 valence electrons. The first-order chi connectivity index (χ1) is 11.3. The standard InChI is InChI=1S/C18H15N3O2/c1-23-17-8-6-16(7-9-17)21-18(22)14-4-2-13(3-5-14)15-10-19-12-20-11-15/h2-12H,1H3,(H,21,22). The predicted molar refractivity (Wildman–Crippen MR) is 88.4 cm³/mol. The summed E-state index contributed by atoms with van der Waals surface area (Å²) in [7, 11) is 1.60. The second-order valence-corrected chi connectivity index (χ2v) is 4.89. The molecule has 1 amide bonds. The molecule has 0 aliphatic carbocycles. The van der Waals surface area contributed by atoms with E-state index < -0.39 is 0 Å². The Morgan fingerprint density at radius 1 is 0.913 bits per heavy atom. The van der Waals surface area contributed by atoms with Crippen LogP contribution < -0.4 is 10.1 Å². The third-order valence-electron chi connectivity index (χ3n) is 3.39. The Bertz CT molecular complexity index is 785. The molecule has 0 bridgehead atoms. The topological polar surface area (TPSA) is 64.1 Å². The monoisotopic (exact) mass is 305 g/mol. The quantitative estimate of drug-likeness (QED) is 0.802. The molecule has 1 heterocycles. The van der Waals surface area contributed by atoms with E-state index in [1.807, 2.05) is 12.1 Å². The Labute approximate surface area is 134 Å². The fourth-order valence-corrected chi connectivity index (χ4v) is 2.14. The molecule has 3 aromatic rings. The lowest BCUT2D eigenvalue weighted by Crippen LogP contribution is -2.11. The SMILES string of the molecule is COc1ccc(NC(=O)c2ccc(-c3cncnc3)cc2)cc1. The summed E-state index contributed by atoms with van der Waals surface area (Å²) in [5, 5.41) is 2.85. The lowest BCUT2D eigenvalue weighted by molar-refractivity contribution is 0.102. The van der Waals surface area contributed by atoms with E-state index in [2.05, 4.69) is 15.3 Å². The van der Waals surface area contributed by atoms with Crippen LogP contribution in [0.4, 0.5) is 5.69 Å². The number of rotatable bonds is 4. The molecule has 0 fully saturated rings. The maximum absolute atomic E-state index is 12.2. The molecule has 0 radical (unpaired) electrons. The van der Waals surface area contributed by atoms with Gasteiger partial charge in [-0.05, 0) is 42.0 Å². The van der Waals surface area contributed by atoms with Gasteiger partial charge in [0.2, 0.25) is 0 Å². The summed E-state index contributed by atoms with van der Waals surface area (Å²) in [6.07, 6.45) is 4.96. The van der Waals surface area contributed by atoms with Gasteiger partial charge in [-0.2, -0.15) is 0 Å². The Morgan fingerprint density at radius 2 is 1.57 bits per heavy atom. The van der Waals surface area contributed by atoms with E-state index in [4.69, 9.17) is 4.74 Å². The molecule has 3 rings (SSSR count). The van der Waals surface area contributed by atoms with Crippen LogP contribution in [-0.2, 0) is 0 Å². The summed E-state index contributed by atoms with van der Waals surface area (Å²) in [6, 6.07) is 14.5. The van der Waals surface area contributed by atoms with E-state index in [1.165, 1.54) is 6.33 Å². The van der Waals surface area contributed by atoms with E-state index >= 15 is 0 Å². The maximum atomic E-state index is 12.2. The Kier molecular flexibility index (Phi) is 4.29. The molecule has 23 heavy (non-hydrogen) atoms. The maximum Gasteiger partial charge on any atom is 0.255 e. The number of benzene rings is 2. The smallest absolute Gasteiger partial charge is 0.255 e. The number of carbonyl (C=O) groups is 1. The zero-order valence-corrected chi connectivity index (χ0v) is 12.6. The van der Waals surface area contributed by atoms with Crippen molar-refractivity contribution in [3.05, 3.63) is 72.8 Å². The molecule has 0 aliphatic rings. The average Bonchev–Trinajstić information content (AvgIpc) is 2.63. The number of carbonyl (C=O) groups excluding carboxylic acids is 1. The molecule has 5 nitrogen and oxygen atoms in total. The van der Waals surface area contributed by atoms with Gasteiger partial charge >= 0.3 is 0 Å². The Hall–Kier alpha value is -3.21. The van der Waals surface area contributed by atoms with Crippen molar-refractivity contribution in [2.75, 3.05) is 12.4 Å². The van der Waals surface area contributed by atoms with Crippen LogP contribution in [0.5, 0.6) is 5.75 Å². The van der Waals surface area contributed by atoms with E-state index in [0.717, 1.165) is 22.6 Å². The minimum atomic E-state index is -0.161. The molecule has 1 aromatic heterocycles. The first-order valence-corrected chi connectivity index (χ1v) is 7.07. The minimum Gasteiger partial charge on any atom is -0.497 e. The van der Waals surface area contributed by atoms with Crippen LogP contribution >= 0.6 is 0 Å². The second kappa shape index (κ2) is 6.70. The van der Waals surface area contributed by atoms with E-state index in [-0.39, 0.29) is 5.91 Å². The number of ether oxygens (including phenoxy) is 1. The highest BCUT2D eigenvalue weighted by Crippen LogP contribution is 2.19. The van der Waals surface area contributed by atoms with Crippen LogP contribution in [0, 0.1) is 0 Å². The molecule has 0 aliphatic heterocycles. The van der Waals surface area contributed by atoms with Crippen LogP contribution in [0.15, 0.2) is 67.3 Å². The van der Waals surface area contributed by atoms with Gasteiger partial charge in [0.25, 0.3) is 5.91 Å². The minimum absolute atomic E-state index is 0.161. The fourth-order valence-electron chi connectivity index (χ4n) is 2.14.